The highest BCUT2D eigenvalue weighted by molar-refractivity contribution is 6.32. The van der Waals surface area contributed by atoms with Gasteiger partial charge in [0.1, 0.15) is 29.7 Å². The van der Waals surface area contributed by atoms with Gasteiger partial charge in [-0.25, -0.2) is 18.1 Å². The molecule has 0 fully saturated rings. The second-order valence-corrected chi connectivity index (χ2v) is 6.60. The van der Waals surface area contributed by atoms with Crippen molar-refractivity contribution in [1.82, 2.24) is 9.13 Å². The van der Waals surface area contributed by atoms with Crippen LogP contribution in [-0.4, -0.2) is 9.13 Å². The molecule has 0 aliphatic rings. The molecular weight excluding hydrogens is 435 g/mol. The zero-order chi connectivity index (χ0) is 22.2. The highest BCUT2D eigenvalue weighted by Crippen LogP contribution is 2.30. The molecule has 0 amide bonds. The largest absolute Gasteiger partial charge is 0.487 e. The van der Waals surface area contributed by atoms with E-state index in [4.69, 9.17) is 16.3 Å². The smallest absolute Gasteiger partial charge is 0.431 e. The molecule has 0 saturated heterocycles. The van der Waals surface area contributed by atoms with Crippen LogP contribution in [0.4, 0.5) is 22.0 Å². The predicted octanol–water partition coefficient (Wildman–Crippen LogP) is 4.07. The first-order valence-corrected chi connectivity index (χ1v) is 8.64. The molecule has 0 aliphatic heterocycles. The van der Waals surface area contributed by atoms with Gasteiger partial charge in [-0.2, -0.15) is 13.2 Å². The Hall–Kier alpha value is -3.14. The lowest BCUT2D eigenvalue weighted by atomic mass is 10.2. The summed E-state index contributed by atoms with van der Waals surface area (Å²) in [7, 11) is 0.802. The third-order valence-corrected chi connectivity index (χ3v) is 4.43. The number of benzene rings is 2. The molecule has 1 aromatic heterocycles. The van der Waals surface area contributed by atoms with E-state index in [-0.39, 0.29) is 32.6 Å². The lowest BCUT2D eigenvalue weighted by Gasteiger charge is -2.15. The number of ether oxygens (including phenoxy) is 1. The van der Waals surface area contributed by atoms with Crippen LogP contribution in [0.25, 0.3) is 5.69 Å². The second-order valence-electron chi connectivity index (χ2n) is 6.20. The maximum Gasteiger partial charge on any atom is 0.431 e. The van der Waals surface area contributed by atoms with Crippen molar-refractivity contribution in [3.05, 3.63) is 91.2 Å². The molecule has 1 heterocycles. The van der Waals surface area contributed by atoms with E-state index in [1.54, 1.807) is 6.07 Å². The number of hydrogen-bond donors (Lipinski definition) is 0. The summed E-state index contributed by atoms with van der Waals surface area (Å²) >= 11 is 5.92. The van der Waals surface area contributed by atoms with Gasteiger partial charge in [-0.15, -0.1) is 0 Å². The summed E-state index contributed by atoms with van der Waals surface area (Å²) < 4.78 is 72.5. The molecule has 158 valence electrons. The molecule has 0 aliphatic carbocycles. The summed E-state index contributed by atoms with van der Waals surface area (Å²) in [5.74, 6) is -1.80. The van der Waals surface area contributed by atoms with E-state index in [1.165, 1.54) is 18.2 Å². The van der Waals surface area contributed by atoms with E-state index >= 15 is 0 Å². The van der Waals surface area contributed by atoms with Crippen LogP contribution in [0.15, 0.2) is 52.1 Å². The van der Waals surface area contributed by atoms with Crippen molar-refractivity contribution >= 4 is 11.6 Å². The summed E-state index contributed by atoms with van der Waals surface area (Å²) in [6, 6.07) is 7.25. The van der Waals surface area contributed by atoms with Crippen LogP contribution < -0.4 is 16.0 Å². The summed E-state index contributed by atoms with van der Waals surface area (Å²) in [6.07, 6.45) is -4.95. The van der Waals surface area contributed by atoms with Crippen molar-refractivity contribution in [2.75, 3.05) is 0 Å². The van der Waals surface area contributed by atoms with E-state index in [0.717, 1.165) is 19.2 Å². The van der Waals surface area contributed by atoms with Gasteiger partial charge in [0, 0.05) is 19.2 Å². The Morgan fingerprint density at radius 2 is 1.77 bits per heavy atom. The molecule has 2 aromatic carbocycles. The third kappa shape index (κ3) is 4.23. The first kappa shape index (κ1) is 21.6. The molecule has 5 nitrogen and oxygen atoms in total. The van der Waals surface area contributed by atoms with Crippen molar-refractivity contribution < 1.29 is 26.7 Å². The van der Waals surface area contributed by atoms with Gasteiger partial charge in [-0.1, -0.05) is 23.7 Å². The normalized spacial score (nSPS) is 11.6. The second kappa shape index (κ2) is 7.94. The van der Waals surface area contributed by atoms with Crippen LogP contribution in [0.5, 0.6) is 5.75 Å². The first-order valence-electron chi connectivity index (χ1n) is 8.26. The van der Waals surface area contributed by atoms with Gasteiger partial charge in [-0.05, 0) is 23.8 Å². The lowest BCUT2D eigenvalue weighted by Crippen LogP contribution is -2.41. The summed E-state index contributed by atoms with van der Waals surface area (Å²) in [6.45, 7) is -0.178. The van der Waals surface area contributed by atoms with Crippen molar-refractivity contribution in [2.24, 2.45) is 7.05 Å². The van der Waals surface area contributed by atoms with Gasteiger partial charge in [-0.3, -0.25) is 9.36 Å². The van der Waals surface area contributed by atoms with Crippen molar-refractivity contribution in [1.29, 1.82) is 0 Å². The van der Waals surface area contributed by atoms with Crippen LogP contribution in [0.3, 0.4) is 0 Å². The van der Waals surface area contributed by atoms with Crippen molar-refractivity contribution in [3.8, 4) is 11.4 Å². The van der Waals surface area contributed by atoms with E-state index in [0.29, 0.717) is 5.56 Å². The zero-order valence-electron chi connectivity index (χ0n) is 15.1. The Morgan fingerprint density at radius 3 is 2.40 bits per heavy atom. The van der Waals surface area contributed by atoms with Crippen molar-refractivity contribution in [3.63, 3.8) is 0 Å². The van der Waals surface area contributed by atoms with E-state index < -0.39 is 40.4 Å². The highest BCUT2D eigenvalue weighted by atomic mass is 35.5. The topological polar surface area (TPSA) is 53.2 Å². The van der Waals surface area contributed by atoms with E-state index in [1.807, 2.05) is 0 Å². The molecule has 3 aromatic rings. The Bertz CT molecular complexity index is 1230. The minimum absolute atomic E-state index is 0.161. The zero-order valence-corrected chi connectivity index (χ0v) is 15.9. The molecule has 3 rings (SSSR count). The Balaban J connectivity index is 2.07. The Labute approximate surface area is 170 Å². The van der Waals surface area contributed by atoms with Gasteiger partial charge in [0.2, 0.25) is 0 Å². The number of rotatable bonds is 4. The summed E-state index contributed by atoms with van der Waals surface area (Å²) in [5.41, 5.74) is -4.51. The monoisotopic (exact) mass is 446 g/mol. The molecule has 0 N–H and O–H groups in total. The molecule has 0 unspecified atom stereocenters. The van der Waals surface area contributed by atoms with Gasteiger partial charge in [0.15, 0.2) is 0 Å². The predicted molar refractivity (Wildman–Crippen MR) is 98.0 cm³/mol. The Kier molecular flexibility index (Phi) is 5.71. The summed E-state index contributed by atoms with van der Waals surface area (Å²) in [4.78, 5) is 24.6. The average Bonchev–Trinajstić information content (AvgIpc) is 2.64. The molecular formula is C19H12ClF5N2O3. The SMILES string of the molecule is Cn1c(C(F)(F)F)cc(=O)n(-c2cc(OCc3cccc(F)c3)c(Cl)cc2F)c1=O. The first-order chi connectivity index (χ1) is 14.0. The number of aromatic nitrogens is 2. The minimum Gasteiger partial charge on any atom is -0.487 e. The van der Waals surface area contributed by atoms with Crippen LogP contribution in [0, 0.1) is 11.6 Å². The fourth-order valence-electron chi connectivity index (χ4n) is 2.71. The van der Waals surface area contributed by atoms with Crippen LogP contribution >= 0.6 is 11.6 Å². The lowest BCUT2D eigenvalue weighted by molar-refractivity contribution is -0.144. The number of alkyl halides is 3. The third-order valence-electron chi connectivity index (χ3n) is 4.14. The van der Waals surface area contributed by atoms with Gasteiger partial charge in [0.05, 0.1) is 10.7 Å². The van der Waals surface area contributed by atoms with E-state index in [9.17, 15) is 31.5 Å². The Morgan fingerprint density at radius 1 is 1.07 bits per heavy atom. The molecule has 0 saturated carbocycles. The molecule has 0 atom stereocenters. The average molecular weight is 447 g/mol. The van der Waals surface area contributed by atoms with Crippen LogP contribution in [-0.2, 0) is 19.8 Å². The molecule has 11 heteroatoms. The number of nitrogens with zero attached hydrogens (tertiary/aromatic N) is 2. The maximum absolute atomic E-state index is 14.4. The summed E-state index contributed by atoms with van der Waals surface area (Å²) in [5, 5.41) is -0.218. The van der Waals surface area contributed by atoms with E-state index in [2.05, 4.69) is 0 Å². The standard InChI is InChI=1S/C19H12ClF5N2O3/c1-26-16(19(23,24)25)8-17(28)27(18(26)29)14-7-15(12(20)6-13(14)22)30-9-10-3-2-4-11(21)5-10/h2-8H,9H2,1H3. The minimum atomic E-state index is -4.95. The molecule has 0 radical (unpaired) electrons. The van der Waals surface area contributed by atoms with Gasteiger partial charge < -0.3 is 4.74 Å². The van der Waals surface area contributed by atoms with Gasteiger partial charge >= 0.3 is 11.9 Å². The molecule has 0 spiro atoms. The number of halogens is 6. The quantitative estimate of drug-likeness (QED) is 0.568. The fourth-order valence-corrected chi connectivity index (χ4v) is 2.91. The van der Waals surface area contributed by atoms with Crippen molar-refractivity contribution in [2.45, 2.75) is 12.8 Å². The van der Waals surface area contributed by atoms with Crippen LogP contribution in [0.2, 0.25) is 5.02 Å². The fraction of sp³-hybridized carbons (Fsp3) is 0.158. The van der Waals surface area contributed by atoms with Gasteiger partial charge in [0.25, 0.3) is 5.56 Å². The van der Waals surface area contributed by atoms with Crippen LogP contribution in [0.1, 0.15) is 11.3 Å². The molecule has 30 heavy (non-hydrogen) atoms. The highest BCUT2D eigenvalue weighted by Gasteiger charge is 2.35. The maximum atomic E-state index is 14.4. The number of hydrogen-bond acceptors (Lipinski definition) is 3. The molecule has 0 bridgehead atoms.